The van der Waals surface area contributed by atoms with Crippen molar-refractivity contribution in [3.8, 4) is 0 Å². The molecule has 0 radical (unpaired) electrons. The van der Waals surface area contributed by atoms with E-state index in [0.29, 0.717) is 25.8 Å². The number of carboxylic acid groups (broad SMARTS) is 1. The van der Waals surface area contributed by atoms with Crippen LogP contribution in [0.4, 0.5) is 0 Å². The molecule has 13 heteroatoms. The minimum atomic E-state index is -1.17. The number of carboxylic acids is 1. The second-order valence-electron chi connectivity index (χ2n) is 15.9. The van der Waals surface area contributed by atoms with E-state index < -0.39 is 59.6 Å². The van der Waals surface area contributed by atoms with Crippen molar-refractivity contribution < 1.29 is 38.6 Å². The van der Waals surface area contributed by atoms with Crippen molar-refractivity contribution in [1.29, 1.82) is 0 Å². The Morgan fingerprint density at radius 3 is 2.15 bits per heavy atom. The Bertz CT molecular complexity index is 1350. The molecule has 0 bridgehead atoms. The van der Waals surface area contributed by atoms with Gasteiger partial charge in [0.05, 0.1) is 48.1 Å². The third-order valence-corrected chi connectivity index (χ3v) is 10.8. The molecule has 0 saturated carbocycles. The molecule has 1 heterocycles. The Hall–Kier alpha value is -3.55. The smallest absolute Gasteiger partial charge is 0.306 e. The fraction of sp³-hybridized carbons (Fsp3) is 0.725. The molecule has 53 heavy (non-hydrogen) atoms. The van der Waals surface area contributed by atoms with Gasteiger partial charge < -0.3 is 40.7 Å². The lowest BCUT2D eigenvalue weighted by Crippen LogP contribution is -2.60. The van der Waals surface area contributed by atoms with Gasteiger partial charge in [-0.2, -0.15) is 0 Å². The molecule has 1 saturated heterocycles. The quantitative estimate of drug-likeness (QED) is 0.146. The van der Waals surface area contributed by atoms with Crippen molar-refractivity contribution in [2.24, 2.45) is 29.4 Å². The second kappa shape index (κ2) is 20.8. The summed E-state index contributed by atoms with van der Waals surface area (Å²) in [6.45, 7) is 14.8. The zero-order valence-electron chi connectivity index (χ0n) is 33.9. The Morgan fingerprint density at radius 2 is 1.64 bits per heavy atom. The number of hydrogen-bond acceptors (Lipinski definition) is 8. The van der Waals surface area contributed by atoms with E-state index in [0.717, 1.165) is 12.0 Å². The van der Waals surface area contributed by atoms with Crippen LogP contribution in [0.25, 0.3) is 0 Å². The van der Waals surface area contributed by atoms with E-state index in [1.165, 1.54) is 14.2 Å². The Kier molecular flexibility index (Phi) is 17.9. The van der Waals surface area contributed by atoms with E-state index in [4.69, 9.17) is 15.2 Å². The van der Waals surface area contributed by atoms with Crippen LogP contribution < -0.4 is 16.4 Å². The van der Waals surface area contributed by atoms with Crippen molar-refractivity contribution in [2.45, 2.75) is 136 Å². The first kappa shape index (κ1) is 45.6. The predicted molar refractivity (Wildman–Crippen MR) is 205 cm³/mol. The Morgan fingerprint density at radius 1 is 1.02 bits per heavy atom. The standard InChI is InChI=1S/C40H67N5O8/c1-12-25(4)34(44(9)37(48)33(24(2)3)43-39(51)40(7,8)41)31(52-10)23-32(46)45-20-16-19-30(45)35(53-11)27(6)36(47)42-29(21-26(5)38(49)50)22-28-17-14-13-15-18-28/h13-15,17-18,24-27,29-31,33-35H,12,16,19-23,41H2,1-11H3,(H,42,47)(H,43,51)(H,49,50)/t25-,26-,27+,29+,30-,31+,33-,34-,35+/m0/s1. The second-order valence-corrected chi connectivity index (χ2v) is 15.9. The average molecular weight is 746 g/mol. The summed E-state index contributed by atoms with van der Waals surface area (Å²) in [6, 6.07) is 7.52. The summed E-state index contributed by atoms with van der Waals surface area (Å²) in [6.07, 6.45) is 1.55. The maximum Gasteiger partial charge on any atom is 0.306 e. The number of hydrogen-bond donors (Lipinski definition) is 4. The number of likely N-dealkylation sites (N-methyl/N-ethyl adjacent to an activating group) is 1. The molecule has 2 rings (SSSR count). The molecule has 1 fully saturated rings. The predicted octanol–water partition coefficient (Wildman–Crippen LogP) is 3.62. The molecule has 1 aromatic carbocycles. The highest BCUT2D eigenvalue weighted by atomic mass is 16.5. The number of carbonyl (C=O) groups is 5. The molecule has 1 aliphatic heterocycles. The van der Waals surface area contributed by atoms with Crippen molar-refractivity contribution >= 4 is 29.6 Å². The molecule has 0 unspecified atom stereocenters. The van der Waals surface area contributed by atoms with E-state index in [1.54, 1.807) is 44.5 Å². The zero-order valence-corrected chi connectivity index (χ0v) is 33.9. The van der Waals surface area contributed by atoms with Crippen molar-refractivity contribution in [1.82, 2.24) is 20.4 Å². The summed E-state index contributed by atoms with van der Waals surface area (Å²) >= 11 is 0. The number of nitrogens with zero attached hydrogens (tertiary/aromatic N) is 2. The van der Waals surface area contributed by atoms with Gasteiger partial charge in [0.2, 0.25) is 23.6 Å². The van der Waals surface area contributed by atoms with Crippen LogP contribution in [0.2, 0.25) is 0 Å². The highest BCUT2D eigenvalue weighted by Crippen LogP contribution is 2.30. The van der Waals surface area contributed by atoms with Crippen molar-refractivity contribution in [2.75, 3.05) is 27.8 Å². The van der Waals surface area contributed by atoms with E-state index in [9.17, 15) is 29.1 Å². The van der Waals surface area contributed by atoms with Gasteiger partial charge in [0.1, 0.15) is 6.04 Å². The first-order chi connectivity index (χ1) is 24.8. The number of amides is 4. The van der Waals surface area contributed by atoms with Gasteiger partial charge in [-0.25, -0.2) is 0 Å². The van der Waals surface area contributed by atoms with Crippen molar-refractivity contribution in [3.63, 3.8) is 0 Å². The molecular weight excluding hydrogens is 678 g/mol. The third kappa shape index (κ3) is 12.8. The van der Waals surface area contributed by atoms with Gasteiger partial charge in [0.25, 0.3) is 0 Å². The average Bonchev–Trinajstić information content (AvgIpc) is 3.59. The Labute approximate surface area is 317 Å². The van der Waals surface area contributed by atoms with E-state index >= 15 is 0 Å². The van der Waals surface area contributed by atoms with Gasteiger partial charge in [-0.3, -0.25) is 24.0 Å². The summed E-state index contributed by atoms with van der Waals surface area (Å²) < 4.78 is 11.9. The molecule has 0 aliphatic carbocycles. The number of aliphatic carboxylic acids is 1. The maximum absolute atomic E-state index is 14.2. The summed E-state index contributed by atoms with van der Waals surface area (Å²) in [7, 11) is 4.76. The van der Waals surface area contributed by atoms with Gasteiger partial charge in [-0.15, -0.1) is 0 Å². The third-order valence-electron chi connectivity index (χ3n) is 10.8. The van der Waals surface area contributed by atoms with E-state index in [1.807, 2.05) is 58.0 Å². The number of likely N-dealkylation sites (tertiary alicyclic amines) is 1. The highest BCUT2D eigenvalue weighted by molar-refractivity contribution is 5.91. The lowest BCUT2D eigenvalue weighted by molar-refractivity contribution is -0.148. The minimum absolute atomic E-state index is 0.00258. The Balaban J connectivity index is 2.28. The monoisotopic (exact) mass is 745 g/mol. The fourth-order valence-corrected chi connectivity index (χ4v) is 7.32. The van der Waals surface area contributed by atoms with Gasteiger partial charge in [0.15, 0.2) is 0 Å². The number of nitrogens with one attached hydrogen (secondary N) is 2. The van der Waals surface area contributed by atoms with Gasteiger partial charge in [-0.1, -0.05) is 78.3 Å². The summed E-state index contributed by atoms with van der Waals surface area (Å²) in [5.74, 6) is -3.67. The van der Waals surface area contributed by atoms with Crippen LogP contribution in [0.1, 0.15) is 93.1 Å². The van der Waals surface area contributed by atoms with E-state index in [2.05, 4.69) is 10.6 Å². The molecule has 13 nitrogen and oxygen atoms in total. The molecule has 300 valence electrons. The van der Waals surface area contributed by atoms with Crippen LogP contribution >= 0.6 is 0 Å². The molecular formula is C40H67N5O8. The molecule has 4 amide bonds. The molecule has 5 N–H and O–H groups in total. The molecule has 0 aromatic heterocycles. The number of methoxy groups -OCH3 is 2. The minimum Gasteiger partial charge on any atom is -0.481 e. The highest BCUT2D eigenvalue weighted by Gasteiger charge is 2.43. The fourth-order valence-electron chi connectivity index (χ4n) is 7.32. The number of benzene rings is 1. The summed E-state index contributed by atoms with van der Waals surface area (Å²) in [5.41, 5.74) is 5.84. The lowest BCUT2D eigenvalue weighted by Gasteiger charge is -2.41. The zero-order chi connectivity index (χ0) is 40.2. The van der Waals surface area contributed by atoms with Gasteiger partial charge >= 0.3 is 5.97 Å². The normalized spacial score (nSPS) is 19.3. The van der Waals surface area contributed by atoms with Crippen LogP contribution in [0.5, 0.6) is 0 Å². The van der Waals surface area contributed by atoms with Gasteiger partial charge in [-0.05, 0) is 56.9 Å². The number of carbonyl (C=O) groups excluding carboxylic acids is 4. The molecule has 1 aliphatic rings. The SMILES string of the molecule is CC[C@H](C)[C@@H]([C@@H](CC(=O)N1CCC[C@H]1[C@H](OC)[C@@H](C)C(=O)N[C@@H](Cc1ccccc1)C[C@H](C)C(=O)O)OC)N(C)C(=O)[C@@H](NC(=O)C(C)(C)N)C(C)C. The van der Waals surface area contributed by atoms with Crippen LogP contribution in [-0.2, 0) is 39.9 Å². The van der Waals surface area contributed by atoms with Crippen molar-refractivity contribution in [3.05, 3.63) is 35.9 Å². The molecule has 0 spiro atoms. The number of nitrogens with two attached hydrogens (primary N) is 1. The van der Waals surface area contributed by atoms with Crippen LogP contribution in [-0.4, -0.2) is 114 Å². The van der Waals surface area contributed by atoms with Crippen LogP contribution in [0.3, 0.4) is 0 Å². The lowest BCUT2D eigenvalue weighted by atomic mass is 9.89. The molecule has 1 aromatic rings. The first-order valence-corrected chi connectivity index (χ1v) is 19.1. The van der Waals surface area contributed by atoms with Crippen LogP contribution in [0, 0.1) is 23.7 Å². The molecule has 9 atom stereocenters. The summed E-state index contributed by atoms with van der Waals surface area (Å²) in [5, 5.41) is 15.5. The summed E-state index contributed by atoms with van der Waals surface area (Å²) in [4.78, 5) is 69.8. The maximum atomic E-state index is 14.2. The number of rotatable bonds is 21. The van der Waals surface area contributed by atoms with E-state index in [-0.39, 0.29) is 48.4 Å². The van der Waals surface area contributed by atoms with Crippen LogP contribution in [0.15, 0.2) is 30.3 Å². The topological polar surface area (TPSA) is 181 Å². The van der Waals surface area contributed by atoms with Gasteiger partial charge in [0, 0.05) is 33.9 Å². The largest absolute Gasteiger partial charge is 0.481 e. The first-order valence-electron chi connectivity index (χ1n) is 19.1. The number of ether oxygens (including phenoxy) is 2.